The molecule has 7 heteroatoms. The van der Waals surface area contributed by atoms with Crippen LogP contribution in [0.25, 0.3) is 0 Å². The molecule has 2 atom stereocenters. The number of para-hydroxylation sites is 1. The fourth-order valence-electron chi connectivity index (χ4n) is 5.38. The third-order valence-corrected chi connectivity index (χ3v) is 7.26. The minimum Gasteiger partial charge on any atom is -0.357 e. The average Bonchev–Trinajstić information content (AvgIpc) is 3.06. The number of Topliss-reactive ketones (excluding diaryl/α,β-unsaturated/α-hetero) is 1. The molecule has 0 aliphatic carbocycles. The van der Waals surface area contributed by atoms with Gasteiger partial charge in [0.25, 0.3) is 0 Å². The van der Waals surface area contributed by atoms with E-state index in [1.165, 1.54) is 29.4 Å². The summed E-state index contributed by atoms with van der Waals surface area (Å²) in [6, 6.07) is 10.6. The van der Waals surface area contributed by atoms with Gasteiger partial charge >= 0.3 is 0 Å². The van der Waals surface area contributed by atoms with E-state index >= 15 is 0 Å². The van der Waals surface area contributed by atoms with Crippen LogP contribution in [0, 0.1) is 5.82 Å². The van der Waals surface area contributed by atoms with Crippen LogP contribution in [-0.2, 0) is 4.79 Å². The van der Waals surface area contributed by atoms with Crippen molar-refractivity contribution in [3.05, 3.63) is 58.4 Å². The number of halogens is 2. The van der Waals surface area contributed by atoms with Crippen molar-refractivity contribution in [2.45, 2.75) is 31.2 Å². The third-order valence-electron chi connectivity index (χ3n) is 6.94. The number of carbonyl (C=O) groups excluding carboxylic acids is 2. The Hall–Kier alpha value is -2.44. The van der Waals surface area contributed by atoms with Gasteiger partial charge in [-0.2, -0.15) is 0 Å². The molecule has 3 heterocycles. The van der Waals surface area contributed by atoms with Crippen molar-refractivity contribution in [1.29, 1.82) is 0 Å². The molecule has 0 radical (unpaired) electrons. The van der Waals surface area contributed by atoms with E-state index in [0.29, 0.717) is 30.5 Å². The maximum absolute atomic E-state index is 13.2. The molecule has 3 aliphatic rings. The van der Waals surface area contributed by atoms with Gasteiger partial charge in [-0.05, 0) is 49.2 Å². The number of amides is 1. The molecule has 5 rings (SSSR count). The molecule has 31 heavy (non-hydrogen) atoms. The van der Waals surface area contributed by atoms with Gasteiger partial charge in [-0.15, -0.1) is 0 Å². The van der Waals surface area contributed by atoms with E-state index in [9.17, 15) is 14.0 Å². The normalized spacial score (nSPS) is 22.5. The van der Waals surface area contributed by atoms with Gasteiger partial charge < -0.3 is 14.7 Å². The van der Waals surface area contributed by atoms with Crippen LogP contribution in [0.4, 0.5) is 15.8 Å². The topological polar surface area (TPSA) is 43.9 Å². The molecule has 2 aromatic carbocycles. The first-order valence-electron chi connectivity index (χ1n) is 10.8. The fourth-order valence-corrected chi connectivity index (χ4v) is 5.65. The predicted molar refractivity (Wildman–Crippen MR) is 120 cm³/mol. The Morgan fingerprint density at radius 1 is 1.26 bits per heavy atom. The Bertz CT molecular complexity index is 1060. The van der Waals surface area contributed by atoms with E-state index in [0.717, 1.165) is 38.2 Å². The zero-order valence-corrected chi connectivity index (χ0v) is 18.2. The number of anilines is 2. The lowest BCUT2D eigenvalue weighted by molar-refractivity contribution is -0.117. The largest absolute Gasteiger partial charge is 0.357 e. The standard InChI is InChI=1S/C24H25ClFN3O2/c1-27-21-5-2-4-16-18-13-28(11-9-20(18)29(24(16)21)14-23(27)31)10-3-6-22(30)17-8-7-15(26)12-19(17)25/h2,4-5,7-8,12,18,20H,3,6,9-11,13-14H2,1H3/t18-,20-/m0/s1. The summed E-state index contributed by atoms with van der Waals surface area (Å²) in [7, 11) is 1.86. The second-order valence-electron chi connectivity index (χ2n) is 8.71. The van der Waals surface area contributed by atoms with Crippen molar-refractivity contribution in [1.82, 2.24) is 4.90 Å². The fraction of sp³-hybridized carbons (Fsp3) is 0.417. The number of carbonyl (C=O) groups is 2. The van der Waals surface area contributed by atoms with Gasteiger partial charge in [-0.25, -0.2) is 4.39 Å². The van der Waals surface area contributed by atoms with Crippen molar-refractivity contribution >= 4 is 34.7 Å². The Kier molecular flexibility index (Phi) is 5.22. The van der Waals surface area contributed by atoms with Gasteiger partial charge in [0, 0.05) is 44.1 Å². The summed E-state index contributed by atoms with van der Waals surface area (Å²) < 4.78 is 13.2. The molecule has 162 valence electrons. The molecule has 0 aromatic heterocycles. The number of rotatable bonds is 5. The highest BCUT2D eigenvalue weighted by atomic mass is 35.5. The molecule has 1 amide bonds. The molecule has 0 N–H and O–H groups in total. The summed E-state index contributed by atoms with van der Waals surface area (Å²) in [5.74, 6) is 0.0422. The molecule has 3 aliphatic heterocycles. The van der Waals surface area contributed by atoms with E-state index in [2.05, 4.69) is 15.9 Å². The summed E-state index contributed by atoms with van der Waals surface area (Å²) in [4.78, 5) is 31.5. The van der Waals surface area contributed by atoms with Gasteiger partial charge in [0.15, 0.2) is 5.78 Å². The van der Waals surface area contributed by atoms with Crippen molar-refractivity contribution in [2.75, 3.05) is 43.0 Å². The highest BCUT2D eigenvalue weighted by molar-refractivity contribution is 6.33. The average molecular weight is 442 g/mol. The third kappa shape index (κ3) is 3.52. The van der Waals surface area contributed by atoms with Crippen LogP contribution in [0.2, 0.25) is 5.02 Å². The Labute approximate surface area is 186 Å². The van der Waals surface area contributed by atoms with Gasteiger partial charge in [0.1, 0.15) is 5.82 Å². The molecule has 0 bridgehead atoms. The predicted octanol–water partition coefficient (Wildman–Crippen LogP) is 4.10. The van der Waals surface area contributed by atoms with Crippen LogP contribution in [0.5, 0.6) is 0 Å². The molecular formula is C24H25ClFN3O2. The highest BCUT2D eigenvalue weighted by Gasteiger charge is 2.46. The second kappa shape index (κ2) is 7.92. The minimum atomic E-state index is -0.435. The summed E-state index contributed by atoms with van der Waals surface area (Å²) in [6.07, 6.45) is 2.14. The molecule has 1 saturated heterocycles. The van der Waals surface area contributed by atoms with Gasteiger partial charge in [0.2, 0.25) is 5.91 Å². The molecule has 2 aromatic rings. The number of likely N-dealkylation sites (tertiary alicyclic amines) is 1. The SMILES string of the molecule is CN1C(=O)CN2c3c(cccc31)[C@@H]1CN(CCCC(=O)c3ccc(F)cc3Cl)CC[C@@H]12. The van der Waals surface area contributed by atoms with Gasteiger partial charge in [0.05, 0.1) is 22.9 Å². The van der Waals surface area contributed by atoms with E-state index in [1.807, 2.05) is 19.2 Å². The van der Waals surface area contributed by atoms with Crippen molar-refractivity contribution in [2.24, 2.45) is 0 Å². The maximum atomic E-state index is 13.2. The Morgan fingerprint density at radius 3 is 2.90 bits per heavy atom. The van der Waals surface area contributed by atoms with Crippen LogP contribution in [0.3, 0.4) is 0 Å². The van der Waals surface area contributed by atoms with Crippen molar-refractivity contribution in [3.8, 4) is 0 Å². The highest BCUT2D eigenvalue weighted by Crippen LogP contribution is 2.50. The lowest BCUT2D eigenvalue weighted by Gasteiger charge is -2.40. The summed E-state index contributed by atoms with van der Waals surface area (Å²) in [5, 5.41) is 0.175. The monoisotopic (exact) mass is 441 g/mol. The molecule has 1 fully saturated rings. The van der Waals surface area contributed by atoms with Crippen molar-refractivity contribution in [3.63, 3.8) is 0 Å². The number of hydrogen-bond acceptors (Lipinski definition) is 4. The maximum Gasteiger partial charge on any atom is 0.246 e. The van der Waals surface area contributed by atoms with Crippen LogP contribution in [-0.4, -0.2) is 55.9 Å². The zero-order chi connectivity index (χ0) is 21.7. The lowest BCUT2D eigenvalue weighted by atomic mass is 9.89. The summed E-state index contributed by atoms with van der Waals surface area (Å²) in [6.45, 7) is 3.17. The Morgan fingerprint density at radius 2 is 2.10 bits per heavy atom. The molecular weight excluding hydrogens is 417 g/mol. The van der Waals surface area contributed by atoms with Crippen molar-refractivity contribution < 1.29 is 14.0 Å². The minimum absolute atomic E-state index is 0.0469. The van der Waals surface area contributed by atoms with E-state index in [-0.39, 0.29) is 16.7 Å². The lowest BCUT2D eigenvalue weighted by Crippen LogP contribution is -2.51. The number of likely N-dealkylation sites (N-methyl/N-ethyl adjacent to an activating group) is 1. The molecule has 0 spiro atoms. The van der Waals surface area contributed by atoms with Crippen LogP contribution in [0.15, 0.2) is 36.4 Å². The van der Waals surface area contributed by atoms with Crippen LogP contribution in [0.1, 0.15) is 41.1 Å². The van der Waals surface area contributed by atoms with Gasteiger partial charge in [-0.3, -0.25) is 9.59 Å². The second-order valence-corrected chi connectivity index (χ2v) is 9.12. The first-order chi connectivity index (χ1) is 14.9. The number of benzene rings is 2. The number of ketones is 1. The molecule has 0 saturated carbocycles. The number of piperidine rings is 1. The first kappa shape index (κ1) is 20.5. The summed E-state index contributed by atoms with van der Waals surface area (Å²) in [5.41, 5.74) is 3.96. The summed E-state index contributed by atoms with van der Waals surface area (Å²) >= 11 is 6.02. The number of hydrogen-bond donors (Lipinski definition) is 0. The molecule has 5 nitrogen and oxygen atoms in total. The van der Waals surface area contributed by atoms with Gasteiger partial charge in [-0.1, -0.05) is 23.7 Å². The van der Waals surface area contributed by atoms with Crippen LogP contribution >= 0.6 is 11.6 Å². The smallest absolute Gasteiger partial charge is 0.246 e. The zero-order valence-electron chi connectivity index (χ0n) is 17.5. The number of fused-ring (bicyclic) bond motifs is 3. The van der Waals surface area contributed by atoms with Crippen LogP contribution < -0.4 is 9.80 Å². The van der Waals surface area contributed by atoms with E-state index in [4.69, 9.17) is 11.6 Å². The van der Waals surface area contributed by atoms with E-state index < -0.39 is 5.82 Å². The van der Waals surface area contributed by atoms with E-state index in [1.54, 1.807) is 4.90 Å². The quantitative estimate of drug-likeness (QED) is 0.655. The Balaban J connectivity index is 1.24. The molecule has 0 unspecified atom stereocenters. The number of nitrogens with zero attached hydrogens (tertiary/aromatic N) is 3. The first-order valence-corrected chi connectivity index (χ1v) is 11.2.